The van der Waals surface area contributed by atoms with Gasteiger partial charge in [0.1, 0.15) is 0 Å². The summed E-state index contributed by atoms with van der Waals surface area (Å²) in [4.78, 5) is 12.8. The molecule has 2 unspecified atom stereocenters. The van der Waals surface area contributed by atoms with Crippen LogP contribution in [0.15, 0.2) is 60.7 Å². The summed E-state index contributed by atoms with van der Waals surface area (Å²) in [5, 5.41) is 0. The number of ether oxygens (including phenoxy) is 1. The van der Waals surface area contributed by atoms with Crippen molar-refractivity contribution in [1.82, 2.24) is 0 Å². The number of rotatable bonds is 4. The summed E-state index contributed by atoms with van der Waals surface area (Å²) >= 11 is 0.364. The number of hydrogen-bond acceptors (Lipinski definition) is 2. The Morgan fingerprint density at radius 2 is 1.55 bits per heavy atom. The second kappa shape index (κ2) is 7.62. The Balaban J connectivity index is 1.66. The van der Waals surface area contributed by atoms with Crippen molar-refractivity contribution in [2.75, 3.05) is 0 Å². The average Bonchev–Trinajstić information content (AvgIpc) is 2.58. The normalized spacial score (nSPS) is 21.3. The van der Waals surface area contributed by atoms with Crippen LogP contribution in [-0.2, 0) is 4.74 Å². The molecule has 2 aromatic rings. The quantitative estimate of drug-likeness (QED) is 0.616. The number of esters is 1. The minimum atomic E-state index is -0.179. The van der Waals surface area contributed by atoms with Crippen LogP contribution in [0, 0.1) is 0 Å². The molecule has 114 valence electrons. The van der Waals surface area contributed by atoms with Gasteiger partial charge >= 0.3 is 138 Å². The second-order valence-electron chi connectivity index (χ2n) is 5.56. The molecule has 1 fully saturated rings. The summed E-state index contributed by atoms with van der Waals surface area (Å²) in [5.74, 6) is -0.179. The van der Waals surface area contributed by atoms with Crippen molar-refractivity contribution in [2.45, 2.75) is 36.6 Å². The van der Waals surface area contributed by atoms with Crippen molar-refractivity contribution in [3.05, 3.63) is 66.2 Å². The van der Waals surface area contributed by atoms with Crippen LogP contribution < -0.4 is 4.46 Å². The molecule has 0 aromatic heterocycles. The predicted molar refractivity (Wildman–Crippen MR) is 89.7 cm³/mol. The summed E-state index contributed by atoms with van der Waals surface area (Å²) in [6, 6.07) is 19.9. The van der Waals surface area contributed by atoms with E-state index >= 15 is 0 Å². The first-order valence-corrected chi connectivity index (χ1v) is 9.65. The zero-order valence-corrected chi connectivity index (χ0v) is 14.2. The van der Waals surface area contributed by atoms with E-state index in [1.807, 2.05) is 36.4 Å². The van der Waals surface area contributed by atoms with Crippen LogP contribution >= 0.6 is 0 Å². The molecule has 0 N–H and O–H groups in total. The fourth-order valence-electron chi connectivity index (χ4n) is 2.79. The summed E-state index contributed by atoms with van der Waals surface area (Å²) in [6.07, 6.45) is 4.65. The molecule has 2 atom stereocenters. The maximum absolute atomic E-state index is 12.3. The van der Waals surface area contributed by atoms with Crippen LogP contribution in [0.4, 0.5) is 0 Å². The number of carbonyl (C=O) groups excluding carboxylic acids is 1. The molecule has 0 saturated heterocycles. The van der Waals surface area contributed by atoms with Crippen molar-refractivity contribution in [2.24, 2.45) is 0 Å². The molecule has 1 saturated carbocycles. The van der Waals surface area contributed by atoms with E-state index in [9.17, 15) is 4.79 Å². The van der Waals surface area contributed by atoms with E-state index in [0.717, 1.165) is 12.8 Å². The van der Waals surface area contributed by atoms with Crippen molar-refractivity contribution in [3.8, 4) is 0 Å². The minimum absolute atomic E-state index is 0.0710. The van der Waals surface area contributed by atoms with Gasteiger partial charge in [-0.2, -0.15) is 0 Å². The molecule has 3 heteroatoms. The fourth-order valence-corrected chi connectivity index (χ4v) is 5.50. The molecule has 22 heavy (non-hydrogen) atoms. The van der Waals surface area contributed by atoms with E-state index < -0.39 is 0 Å². The van der Waals surface area contributed by atoms with Crippen LogP contribution in [0.5, 0.6) is 0 Å². The molecule has 0 radical (unpaired) electrons. The monoisotopic (exact) mass is 360 g/mol. The van der Waals surface area contributed by atoms with Gasteiger partial charge in [-0.3, -0.25) is 0 Å². The molecule has 0 heterocycles. The van der Waals surface area contributed by atoms with Crippen LogP contribution in [0.1, 0.15) is 36.0 Å². The average molecular weight is 359 g/mol. The van der Waals surface area contributed by atoms with Gasteiger partial charge in [0.25, 0.3) is 0 Å². The molecule has 0 bridgehead atoms. The molecular formula is C19H20O2Se. The van der Waals surface area contributed by atoms with Crippen LogP contribution in [-0.4, -0.2) is 27.0 Å². The molecular weight excluding hydrogens is 339 g/mol. The summed E-state index contributed by atoms with van der Waals surface area (Å²) in [7, 11) is 0. The zero-order valence-electron chi connectivity index (χ0n) is 12.5. The summed E-state index contributed by atoms with van der Waals surface area (Å²) in [5.41, 5.74) is 0.652. The molecule has 0 spiro atoms. The maximum atomic E-state index is 12.3. The van der Waals surface area contributed by atoms with Gasteiger partial charge in [-0.1, -0.05) is 0 Å². The van der Waals surface area contributed by atoms with Crippen molar-refractivity contribution in [1.29, 1.82) is 0 Å². The summed E-state index contributed by atoms with van der Waals surface area (Å²) in [6.45, 7) is 0. The Labute approximate surface area is 138 Å². The van der Waals surface area contributed by atoms with E-state index in [2.05, 4.69) is 24.3 Å². The van der Waals surface area contributed by atoms with Gasteiger partial charge in [-0.25, -0.2) is 0 Å². The first-order chi connectivity index (χ1) is 10.8. The third-order valence-corrected chi connectivity index (χ3v) is 6.85. The van der Waals surface area contributed by atoms with Crippen LogP contribution in [0.2, 0.25) is 4.82 Å². The Hall–Kier alpha value is -1.57. The van der Waals surface area contributed by atoms with E-state index in [4.69, 9.17) is 4.74 Å². The molecule has 1 aliphatic carbocycles. The van der Waals surface area contributed by atoms with Gasteiger partial charge in [0.15, 0.2) is 0 Å². The molecule has 2 aromatic carbocycles. The Bertz CT molecular complexity index is 597. The van der Waals surface area contributed by atoms with Gasteiger partial charge in [-0.15, -0.1) is 0 Å². The molecule has 1 aliphatic rings. The van der Waals surface area contributed by atoms with Crippen LogP contribution in [0.25, 0.3) is 0 Å². The van der Waals surface area contributed by atoms with Gasteiger partial charge in [0, 0.05) is 0 Å². The van der Waals surface area contributed by atoms with E-state index in [-0.39, 0.29) is 12.1 Å². The zero-order chi connectivity index (χ0) is 15.2. The van der Waals surface area contributed by atoms with E-state index in [1.165, 1.54) is 17.3 Å². The molecule has 3 rings (SSSR count). The molecule has 0 amide bonds. The Morgan fingerprint density at radius 1 is 0.909 bits per heavy atom. The first-order valence-electron chi connectivity index (χ1n) is 7.80. The van der Waals surface area contributed by atoms with Crippen molar-refractivity contribution < 1.29 is 9.53 Å². The van der Waals surface area contributed by atoms with Gasteiger partial charge in [-0.05, 0) is 0 Å². The molecule has 0 aliphatic heterocycles. The third kappa shape index (κ3) is 4.00. The Morgan fingerprint density at radius 3 is 2.27 bits per heavy atom. The molecule has 2 nitrogen and oxygen atoms in total. The number of carbonyl (C=O) groups is 1. The standard InChI is InChI=1S/C19H20O2Se/c20-19(15-9-3-1-4-10-15)21-17-13-7-8-14-18(17)22-16-11-5-2-6-12-16/h1-6,9-12,17-18H,7-8,13-14H2. The number of benzene rings is 2. The Kier molecular flexibility index (Phi) is 5.31. The van der Waals surface area contributed by atoms with Gasteiger partial charge < -0.3 is 0 Å². The van der Waals surface area contributed by atoms with E-state index in [1.54, 1.807) is 0 Å². The fraction of sp³-hybridized carbons (Fsp3) is 0.316. The van der Waals surface area contributed by atoms with E-state index in [0.29, 0.717) is 25.3 Å². The SMILES string of the molecule is O=C(OC1CCCCC1[Se]c1ccccc1)c1ccccc1. The third-order valence-electron chi connectivity index (χ3n) is 3.94. The van der Waals surface area contributed by atoms with Gasteiger partial charge in [0.2, 0.25) is 0 Å². The topological polar surface area (TPSA) is 26.3 Å². The van der Waals surface area contributed by atoms with Crippen LogP contribution in [0.3, 0.4) is 0 Å². The predicted octanol–water partition coefficient (Wildman–Crippen LogP) is 3.60. The first kappa shape index (κ1) is 15.3. The summed E-state index contributed by atoms with van der Waals surface area (Å²) < 4.78 is 7.23. The van der Waals surface area contributed by atoms with Crippen molar-refractivity contribution >= 4 is 25.4 Å². The van der Waals surface area contributed by atoms with Gasteiger partial charge in [0.05, 0.1) is 0 Å². The number of hydrogen-bond donors (Lipinski definition) is 0. The second-order valence-corrected chi connectivity index (χ2v) is 8.32. The van der Waals surface area contributed by atoms with Crippen molar-refractivity contribution in [3.63, 3.8) is 0 Å².